The highest BCUT2D eigenvalue weighted by molar-refractivity contribution is 5.15. The molecule has 0 radical (unpaired) electrons. The molecule has 3 heteroatoms. The van der Waals surface area contributed by atoms with Gasteiger partial charge in [0.25, 0.3) is 0 Å². The van der Waals surface area contributed by atoms with E-state index in [1.807, 2.05) is 6.92 Å². The van der Waals surface area contributed by atoms with Gasteiger partial charge < -0.3 is 0 Å². The lowest BCUT2D eigenvalue weighted by atomic mass is 9.59. The first-order valence-corrected chi connectivity index (χ1v) is 7.10. The molecule has 0 aromatic rings. The zero-order chi connectivity index (χ0) is 13.8. The predicted octanol–water partition coefficient (Wildman–Crippen LogP) is 5.63. The summed E-state index contributed by atoms with van der Waals surface area (Å²) in [6, 6.07) is -0.0229. The first kappa shape index (κ1) is 15.1. The Hall–Kier alpha value is -0.950. The van der Waals surface area contributed by atoms with E-state index < -0.39 is 0 Å². The summed E-state index contributed by atoms with van der Waals surface area (Å²) in [4.78, 5) is 2.89. The molecular formula is C15H27N3. The van der Waals surface area contributed by atoms with Crippen molar-refractivity contribution in [1.29, 1.82) is 0 Å². The third kappa shape index (κ3) is 3.78. The molecule has 1 atom stereocenters. The maximum absolute atomic E-state index is 8.49. The predicted molar refractivity (Wildman–Crippen MR) is 77.3 cm³/mol. The molecule has 0 aromatic carbocycles. The Morgan fingerprint density at radius 3 is 2.44 bits per heavy atom. The van der Waals surface area contributed by atoms with Gasteiger partial charge in [0.05, 0.1) is 6.04 Å². The summed E-state index contributed by atoms with van der Waals surface area (Å²) in [5.74, 6) is 0. The largest absolute Gasteiger partial charge is 0.0868 e. The van der Waals surface area contributed by atoms with Crippen LogP contribution in [0, 0.1) is 10.8 Å². The van der Waals surface area contributed by atoms with Crippen LogP contribution in [0.25, 0.3) is 10.4 Å². The molecule has 1 rings (SSSR count). The second kappa shape index (κ2) is 5.79. The van der Waals surface area contributed by atoms with E-state index in [4.69, 9.17) is 5.53 Å². The van der Waals surface area contributed by atoms with E-state index in [2.05, 4.69) is 43.8 Å². The molecule has 0 amide bonds. The van der Waals surface area contributed by atoms with Gasteiger partial charge in [-0.15, -0.1) is 0 Å². The maximum Gasteiger partial charge on any atom is 0.0529 e. The Balaban J connectivity index is 2.97. The van der Waals surface area contributed by atoms with E-state index in [0.717, 1.165) is 6.42 Å². The summed E-state index contributed by atoms with van der Waals surface area (Å²) in [7, 11) is 0. The van der Waals surface area contributed by atoms with Crippen molar-refractivity contribution >= 4 is 0 Å². The number of rotatable bonds is 4. The molecule has 0 N–H and O–H groups in total. The molecule has 18 heavy (non-hydrogen) atoms. The van der Waals surface area contributed by atoms with Gasteiger partial charge in [-0.25, -0.2) is 0 Å². The summed E-state index contributed by atoms with van der Waals surface area (Å²) in [5.41, 5.74) is 10.8. The molecule has 0 aromatic heterocycles. The number of allylic oxidation sites excluding steroid dienone is 1. The highest BCUT2D eigenvalue weighted by atomic mass is 15.1. The molecule has 1 unspecified atom stereocenters. The second-order valence-electron chi connectivity index (χ2n) is 6.67. The van der Waals surface area contributed by atoms with Crippen molar-refractivity contribution < 1.29 is 0 Å². The highest BCUT2D eigenvalue weighted by Crippen LogP contribution is 2.52. The number of nitrogens with zero attached hydrogens (tertiary/aromatic N) is 3. The molecule has 0 spiro atoms. The van der Waals surface area contributed by atoms with E-state index in [1.165, 1.54) is 31.3 Å². The number of hydrogen-bond acceptors (Lipinski definition) is 1. The zero-order valence-electron chi connectivity index (χ0n) is 12.5. The van der Waals surface area contributed by atoms with E-state index in [1.54, 1.807) is 0 Å². The van der Waals surface area contributed by atoms with Gasteiger partial charge in [-0.1, -0.05) is 64.2 Å². The van der Waals surface area contributed by atoms with Crippen molar-refractivity contribution in [1.82, 2.24) is 0 Å². The molecule has 0 heterocycles. The van der Waals surface area contributed by atoms with E-state index >= 15 is 0 Å². The summed E-state index contributed by atoms with van der Waals surface area (Å²) < 4.78 is 0. The Morgan fingerprint density at radius 2 is 1.94 bits per heavy atom. The molecule has 102 valence electrons. The van der Waals surface area contributed by atoms with E-state index in [0.29, 0.717) is 10.8 Å². The quantitative estimate of drug-likeness (QED) is 0.268. The SMILES string of the molecule is CCC1(CC)CC(=CC(C)N=[N+]=[N-])CC(C)(C)C1. The van der Waals surface area contributed by atoms with Crippen molar-refractivity contribution in [3.8, 4) is 0 Å². The summed E-state index contributed by atoms with van der Waals surface area (Å²) in [5, 5.41) is 3.77. The molecule has 0 saturated heterocycles. The summed E-state index contributed by atoms with van der Waals surface area (Å²) in [6.07, 6.45) is 8.27. The summed E-state index contributed by atoms with van der Waals surface area (Å²) >= 11 is 0. The fraction of sp³-hybridized carbons (Fsp3) is 0.867. The van der Waals surface area contributed by atoms with Gasteiger partial charge in [0.2, 0.25) is 0 Å². The Labute approximate surface area is 111 Å². The lowest BCUT2D eigenvalue weighted by Gasteiger charge is -2.46. The van der Waals surface area contributed by atoms with Crippen molar-refractivity contribution in [3.63, 3.8) is 0 Å². The third-order valence-electron chi connectivity index (χ3n) is 4.37. The smallest absolute Gasteiger partial charge is 0.0529 e. The molecule has 1 aliphatic carbocycles. The van der Waals surface area contributed by atoms with Gasteiger partial charge in [-0.05, 0) is 35.6 Å². The van der Waals surface area contributed by atoms with Crippen molar-refractivity contribution in [2.75, 3.05) is 0 Å². The van der Waals surface area contributed by atoms with Crippen LogP contribution in [0.2, 0.25) is 0 Å². The average molecular weight is 249 g/mol. The molecule has 1 aliphatic rings. The fourth-order valence-corrected chi connectivity index (χ4v) is 3.62. The third-order valence-corrected chi connectivity index (χ3v) is 4.37. The van der Waals surface area contributed by atoms with Crippen molar-refractivity contribution in [2.45, 2.75) is 72.8 Å². The van der Waals surface area contributed by atoms with Crippen LogP contribution in [0.1, 0.15) is 66.7 Å². The zero-order valence-corrected chi connectivity index (χ0v) is 12.5. The van der Waals surface area contributed by atoms with Gasteiger partial charge >= 0.3 is 0 Å². The van der Waals surface area contributed by atoms with Gasteiger partial charge in [-0.2, -0.15) is 0 Å². The molecular weight excluding hydrogens is 222 g/mol. The van der Waals surface area contributed by atoms with Crippen LogP contribution < -0.4 is 0 Å². The molecule has 1 fully saturated rings. The first-order chi connectivity index (χ1) is 8.36. The van der Waals surface area contributed by atoms with Crippen molar-refractivity contribution in [3.05, 3.63) is 22.1 Å². The van der Waals surface area contributed by atoms with Crippen LogP contribution in [-0.2, 0) is 0 Å². The van der Waals surface area contributed by atoms with Gasteiger partial charge in [0.15, 0.2) is 0 Å². The Bertz CT molecular complexity index is 358. The number of hydrogen-bond donors (Lipinski definition) is 0. The summed E-state index contributed by atoms with van der Waals surface area (Å²) in [6.45, 7) is 11.3. The Morgan fingerprint density at radius 1 is 1.33 bits per heavy atom. The second-order valence-corrected chi connectivity index (χ2v) is 6.67. The topological polar surface area (TPSA) is 48.8 Å². The highest BCUT2D eigenvalue weighted by Gasteiger charge is 2.39. The normalized spacial score (nSPS) is 25.5. The van der Waals surface area contributed by atoms with Crippen LogP contribution >= 0.6 is 0 Å². The standard InChI is InChI=1S/C15H27N3/c1-6-15(7-2)10-13(8-12(3)17-18-16)9-14(4,5)11-15/h8,12H,6-7,9-11H2,1-5H3. The lowest BCUT2D eigenvalue weighted by molar-refractivity contribution is 0.108. The Kier molecular flexibility index (Phi) is 4.86. The number of azide groups is 1. The minimum Gasteiger partial charge on any atom is -0.0868 e. The van der Waals surface area contributed by atoms with E-state index in [-0.39, 0.29) is 6.04 Å². The van der Waals surface area contributed by atoms with Crippen LogP contribution in [0.5, 0.6) is 0 Å². The van der Waals surface area contributed by atoms with Crippen LogP contribution in [0.4, 0.5) is 0 Å². The minimum absolute atomic E-state index is 0.0229. The van der Waals surface area contributed by atoms with Crippen LogP contribution in [-0.4, -0.2) is 6.04 Å². The molecule has 3 nitrogen and oxygen atoms in total. The first-order valence-electron chi connectivity index (χ1n) is 7.10. The van der Waals surface area contributed by atoms with Gasteiger partial charge in [0.1, 0.15) is 0 Å². The van der Waals surface area contributed by atoms with Gasteiger partial charge in [-0.3, -0.25) is 0 Å². The van der Waals surface area contributed by atoms with E-state index in [9.17, 15) is 0 Å². The molecule has 0 bridgehead atoms. The molecule has 1 saturated carbocycles. The fourth-order valence-electron chi connectivity index (χ4n) is 3.62. The average Bonchev–Trinajstić information content (AvgIpc) is 2.27. The van der Waals surface area contributed by atoms with Crippen LogP contribution in [0.3, 0.4) is 0 Å². The lowest BCUT2D eigenvalue weighted by Crippen LogP contribution is -2.33. The monoisotopic (exact) mass is 249 g/mol. The van der Waals surface area contributed by atoms with Crippen molar-refractivity contribution in [2.24, 2.45) is 15.9 Å². The maximum atomic E-state index is 8.49. The minimum atomic E-state index is -0.0229. The molecule has 0 aliphatic heterocycles. The van der Waals surface area contributed by atoms with Gasteiger partial charge in [0, 0.05) is 4.91 Å². The van der Waals surface area contributed by atoms with Crippen LogP contribution in [0.15, 0.2) is 16.8 Å².